The van der Waals surface area contributed by atoms with Crippen molar-refractivity contribution in [3.8, 4) is 0 Å². The number of anilines is 2. The molecule has 0 unspecified atom stereocenters. The molecule has 344 valence electrons. The van der Waals surface area contributed by atoms with E-state index in [1.54, 1.807) is 43.9 Å². The lowest BCUT2D eigenvalue weighted by Crippen LogP contribution is -2.50. The molecule has 0 bridgehead atoms. The minimum atomic E-state index is -1.73. The monoisotopic (exact) mass is 886 g/mol. The second-order valence-electron chi connectivity index (χ2n) is 16.6. The average molecular weight is 888 g/mol. The van der Waals surface area contributed by atoms with Gasteiger partial charge in [0.15, 0.2) is 22.5 Å². The summed E-state index contributed by atoms with van der Waals surface area (Å²) in [5.74, 6) is -1.49. The van der Waals surface area contributed by atoms with Gasteiger partial charge in [-0.2, -0.15) is 0 Å². The lowest BCUT2D eigenvalue weighted by Gasteiger charge is -2.31. The van der Waals surface area contributed by atoms with Crippen LogP contribution in [-0.4, -0.2) is 146 Å². The van der Waals surface area contributed by atoms with Gasteiger partial charge in [-0.15, -0.1) is 0 Å². The van der Waals surface area contributed by atoms with Crippen LogP contribution in [0.4, 0.5) is 16.4 Å². The summed E-state index contributed by atoms with van der Waals surface area (Å²) in [4.78, 5) is 51.8. The van der Waals surface area contributed by atoms with Gasteiger partial charge >= 0.3 is 6.09 Å². The topological polar surface area (TPSA) is 270 Å². The zero-order chi connectivity index (χ0) is 46.0. The number of amides is 3. The number of aromatic nitrogens is 2. The number of nitrogens with zero attached hydrogens (tertiary/aromatic N) is 4. The number of nitrogens with two attached hydrogens (primary N) is 2. The van der Waals surface area contributed by atoms with E-state index in [0.717, 1.165) is 42.4 Å². The van der Waals surface area contributed by atoms with Crippen LogP contribution in [-0.2, 0) is 17.6 Å². The van der Waals surface area contributed by atoms with Gasteiger partial charge in [-0.25, -0.2) is 14.8 Å². The molecule has 1 aromatic heterocycles. The molecule has 0 saturated heterocycles. The Kier molecular flexibility index (Phi) is 21.3. The first kappa shape index (κ1) is 51.7. The molecule has 11 N–H and O–H groups in total. The fourth-order valence-corrected chi connectivity index (χ4v) is 6.86. The van der Waals surface area contributed by atoms with Crippen molar-refractivity contribution in [2.45, 2.75) is 103 Å². The number of aryl methyl sites for hydroxylation is 1. The molecule has 0 aliphatic rings. The van der Waals surface area contributed by atoms with E-state index in [1.807, 2.05) is 42.2 Å². The quantitative estimate of drug-likeness (QED) is 0.0554. The SMILES string of the molecule is CCCCCCN(CCNC(=O)c1cccc(CCN(C[C@H](CNC(=O)c2nc(Cl)c(N)nc2N)Cc2ccccc2C)C(=O)OC(C)(C)C)c1)C[C@H](O)[C@@H](O)[C@H](O)[C@H](O)CO. The van der Waals surface area contributed by atoms with Crippen molar-refractivity contribution in [3.05, 3.63) is 81.6 Å². The molecule has 0 aliphatic heterocycles. The number of nitrogens with one attached hydrogen (secondary N) is 2. The molecular formula is C44H67ClN8O9. The number of benzene rings is 2. The van der Waals surface area contributed by atoms with Crippen molar-refractivity contribution in [1.82, 2.24) is 30.4 Å². The molecule has 1 heterocycles. The molecule has 3 amide bonds. The van der Waals surface area contributed by atoms with Gasteiger partial charge in [-0.3, -0.25) is 14.5 Å². The number of carbonyl (C=O) groups is 3. The van der Waals surface area contributed by atoms with E-state index in [2.05, 4.69) is 27.5 Å². The number of nitrogen functional groups attached to an aromatic ring is 2. The fourth-order valence-electron chi connectivity index (χ4n) is 6.73. The standard InChI is InChI=1S/C44H67ClN8O9/c1-6-7-8-11-19-52(26-33(55)36(57)37(58)34(56)27-54)21-18-48-41(59)32-16-12-14-29(22-32)17-20-53(43(61)62-44(3,4)5)25-30(23-31-15-10-9-13-28(31)2)24-49-42(60)35-39(46)51-40(47)38(45)50-35/h9-10,12-16,22,30,33-34,36-37,54-58H,6-8,11,17-21,23-27H2,1-5H3,(H,48,59)(H,49,60)(H4,46,47,51)/t30-,33-,34+,36+,37+/m0/s1. The maximum atomic E-state index is 13.8. The van der Waals surface area contributed by atoms with E-state index >= 15 is 0 Å². The lowest BCUT2D eigenvalue weighted by molar-refractivity contribution is -0.119. The predicted octanol–water partition coefficient (Wildman–Crippen LogP) is 2.72. The van der Waals surface area contributed by atoms with E-state index in [0.29, 0.717) is 31.5 Å². The Balaban J connectivity index is 1.74. The number of hydrogen-bond donors (Lipinski definition) is 9. The first-order chi connectivity index (χ1) is 29.3. The molecule has 3 rings (SSSR count). The number of ether oxygens (including phenoxy) is 1. The maximum Gasteiger partial charge on any atom is 0.410 e. The molecular weight excluding hydrogens is 820 g/mol. The van der Waals surface area contributed by atoms with E-state index in [9.17, 15) is 34.8 Å². The van der Waals surface area contributed by atoms with Crippen molar-refractivity contribution < 1.29 is 44.7 Å². The Morgan fingerprint density at radius 3 is 2.24 bits per heavy atom. The van der Waals surface area contributed by atoms with Gasteiger partial charge < -0.3 is 57.3 Å². The van der Waals surface area contributed by atoms with E-state index in [-0.39, 0.29) is 67.0 Å². The molecule has 0 aliphatic carbocycles. The number of carbonyl (C=O) groups excluding carboxylic acids is 3. The smallest absolute Gasteiger partial charge is 0.410 e. The third-order valence-electron chi connectivity index (χ3n) is 10.2. The van der Waals surface area contributed by atoms with Gasteiger partial charge in [0.25, 0.3) is 11.8 Å². The molecule has 17 nitrogen and oxygen atoms in total. The molecule has 0 saturated carbocycles. The molecule has 3 aromatic rings. The highest BCUT2D eigenvalue weighted by atomic mass is 35.5. The number of rotatable bonds is 25. The number of unbranched alkanes of at least 4 members (excludes halogenated alkanes) is 3. The third kappa shape index (κ3) is 17.3. The first-order valence-corrected chi connectivity index (χ1v) is 21.5. The van der Waals surface area contributed by atoms with Crippen LogP contribution in [0.2, 0.25) is 5.15 Å². The van der Waals surface area contributed by atoms with Crippen LogP contribution < -0.4 is 22.1 Å². The Labute approximate surface area is 369 Å². The van der Waals surface area contributed by atoms with Crippen LogP contribution >= 0.6 is 11.6 Å². The van der Waals surface area contributed by atoms with E-state index in [4.69, 9.17) is 32.9 Å². The molecule has 18 heteroatoms. The largest absolute Gasteiger partial charge is 0.444 e. The predicted molar refractivity (Wildman–Crippen MR) is 239 cm³/mol. The van der Waals surface area contributed by atoms with E-state index < -0.39 is 48.6 Å². The zero-order valence-electron chi connectivity index (χ0n) is 36.6. The third-order valence-corrected chi connectivity index (χ3v) is 10.5. The van der Waals surface area contributed by atoms with Crippen LogP contribution in [0.3, 0.4) is 0 Å². The summed E-state index contributed by atoms with van der Waals surface area (Å²) in [5, 5.41) is 55.7. The molecule has 0 radical (unpaired) electrons. The first-order valence-electron chi connectivity index (χ1n) is 21.1. The average Bonchev–Trinajstić information content (AvgIpc) is 3.23. The molecule has 62 heavy (non-hydrogen) atoms. The minimum absolute atomic E-state index is 0.0268. The zero-order valence-corrected chi connectivity index (χ0v) is 37.4. The highest BCUT2D eigenvalue weighted by Gasteiger charge is 2.31. The summed E-state index contributed by atoms with van der Waals surface area (Å²) >= 11 is 6.04. The Morgan fingerprint density at radius 2 is 1.56 bits per heavy atom. The van der Waals surface area contributed by atoms with Gasteiger partial charge in [0.05, 0.1) is 12.7 Å². The van der Waals surface area contributed by atoms with Crippen molar-refractivity contribution >= 4 is 41.1 Å². The molecule has 0 fully saturated rings. The van der Waals surface area contributed by atoms with Crippen LogP contribution in [0.25, 0.3) is 0 Å². The van der Waals surface area contributed by atoms with E-state index in [1.165, 1.54) is 0 Å². The van der Waals surface area contributed by atoms with Crippen LogP contribution in [0.15, 0.2) is 48.5 Å². The van der Waals surface area contributed by atoms with Crippen molar-refractivity contribution in [1.29, 1.82) is 0 Å². The summed E-state index contributed by atoms with van der Waals surface area (Å²) in [6.45, 7) is 10.3. The summed E-state index contributed by atoms with van der Waals surface area (Å²) in [6, 6.07) is 14.9. The summed E-state index contributed by atoms with van der Waals surface area (Å²) in [5.41, 5.74) is 14.0. The highest BCUT2D eigenvalue weighted by molar-refractivity contribution is 6.31. The molecule has 0 spiro atoms. The second-order valence-corrected chi connectivity index (χ2v) is 17.0. The van der Waals surface area contributed by atoms with Crippen LogP contribution in [0.1, 0.15) is 90.9 Å². The van der Waals surface area contributed by atoms with Gasteiger partial charge in [0.1, 0.15) is 23.9 Å². The molecule has 5 atom stereocenters. The Morgan fingerprint density at radius 1 is 0.855 bits per heavy atom. The van der Waals surface area contributed by atoms with Crippen molar-refractivity contribution in [2.24, 2.45) is 5.92 Å². The number of halogens is 1. The summed E-state index contributed by atoms with van der Waals surface area (Å²) < 4.78 is 5.83. The van der Waals surface area contributed by atoms with Crippen LogP contribution in [0.5, 0.6) is 0 Å². The normalized spacial score (nSPS) is 14.1. The number of aliphatic hydroxyl groups is 5. The molecule has 2 aromatic carbocycles. The van der Waals surface area contributed by atoms with Gasteiger partial charge in [0, 0.05) is 44.8 Å². The Bertz CT molecular complexity index is 1880. The fraction of sp³-hybridized carbons (Fsp3) is 0.568. The van der Waals surface area contributed by atoms with Crippen molar-refractivity contribution in [2.75, 3.05) is 63.9 Å². The second kappa shape index (κ2) is 25.5. The van der Waals surface area contributed by atoms with Crippen LogP contribution in [0, 0.1) is 12.8 Å². The maximum absolute atomic E-state index is 13.8. The van der Waals surface area contributed by atoms with Gasteiger partial charge in [-0.05, 0) is 88.2 Å². The number of hydrogen-bond acceptors (Lipinski definition) is 14. The lowest BCUT2D eigenvalue weighted by atomic mass is 9.95. The summed E-state index contributed by atoms with van der Waals surface area (Å²) in [7, 11) is 0. The minimum Gasteiger partial charge on any atom is -0.444 e. The summed E-state index contributed by atoms with van der Waals surface area (Å²) in [6.07, 6.45) is -2.25. The number of aliphatic hydroxyl groups excluding tert-OH is 5. The van der Waals surface area contributed by atoms with Crippen molar-refractivity contribution in [3.63, 3.8) is 0 Å². The van der Waals surface area contributed by atoms with Gasteiger partial charge in [-0.1, -0.05) is 74.2 Å². The highest BCUT2D eigenvalue weighted by Crippen LogP contribution is 2.20. The Hall–Kier alpha value is -4.62. The van der Waals surface area contributed by atoms with Gasteiger partial charge in [0.2, 0.25) is 0 Å².